The van der Waals surface area contributed by atoms with Gasteiger partial charge >= 0.3 is 0 Å². The number of benzene rings is 1. The zero-order valence-corrected chi connectivity index (χ0v) is 8.38. The summed E-state index contributed by atoms with van der Waals surface area (Å²) in [5, 5.41) is 14.9. The number of hydrogen-bond acceptors (Lipinski definition) is 5. The van der Waals surface area contributed by atoms with E-state index >= 15 is 0 Å². The molecule has 16 heavy (non-hydrogen) atoms. The van der Waals surface area contributed by atoms with Crippen molar-refractivity contribution in [1.82, 2.24) is 20.4 Å². The average Bonchev–Trinajstić information content (AvgIpc) is 2.30. The second-order valence-electron chi connectivity index (χ2n) is 3.12. The summed E-state index contributed by atoms with van der Waals surface area (Å²) >= 11 is 0. The number of aldehydes is 1. The molecular formula is C10H7FN4O. The maximum Gasteiger partial charge on any atom is 0.204 e. The highest BCUT2D eigenvalue weighted by Gasteiger charge is 2.09. The van der Waals surface area contributed by atoms with Crippen molar-refractivity contribution in [3.05, 3.63) is 35.4 Å². The molecule has 0 aliphatic rings. The van der Waals surface area contributed by atoms with Crippen molar-refractivity contribution < 1.29 is 9.18 Å². The second-order valence-corrected chi connectivity index (χ2v) is 3.12. The van der Waals surface area contributed by atoms with E-state index < -0.39 is 5.82 Å². The zero-order chi connectivity index (χ0) is 11.5. The van der Waals surface area contributed by atoms with Gasteiger partial charge in [-0.2, -0.15) is 0 Å². The third kappa shape index (κ3) is 1.90. The summed E-state index contributed by atoms with van der Waals surface area (Å²) in [4.78, 5) is 10.8. The Kier molecular flexibility index (Phi) is 2.63. The predicted octanol–water partition coefficient (Wildman–Crippen LogP) is 1.19. The fraction of sp³-hybridized carbons (Fsp3) is 0.100. The normalized spacial score (nSPS) is 10.1. The molecule has 0 saturated carbocycles. The Hall–Kier alpha value is -2.24. The first-order chi connectivity index (χ1) is 7.70. The minimum atomic E-state index is -0.468. The summed E-state index contributed by atoms with van der Waals surface area (Å²) in [5.41, 5.74) is 0.587. The van der Waals surface area contributed by atoms with Gasteiger partial charge in [-0.15, -0.1) is 20.4 Å². The van der Waals surface area contributed by atoms with E-state index in [0.29, 0.717) is 17.7 Å². The highest BCUT2D eigenvalue weighted by atomic mass is 19.1. The largest absolute Gasteiger partial charge is 0.298 e. The van der Waals surface area contributed by atoms with E-state index in [1.54, 1.807) is 6.92 Å². The van der Waals surface area contributed by atoms with Gasteiger partial charge < -0.3 is 0 Å². The van der Waals surface area contributed by atoms with Gasteiger partial charge in [0, 0.05) is 11.1 Å². The molecular weight excluding hydrogens is 211 g/mol. The molecule has 1 aromatic carbocycles. The zero-order valence-electron chi connectivity index (χ0n) is 8.38. The Morgan fingerprint density at radius 1 is 1.19 bits per heavy atom. The highest BCUT2D eigenvalue weighted by molar-refractivity contribution is 5.85. The van der Waals surface area contributed by atoms with Crippen LogP contribution in [0.3, 0.4) is 0 Å². The summed E-state index contributed by atoms with van der Waals surface area (Å²) in [6, 6.07) is 3.74. The molecule has 0 radical (unpaired) electrons. The number of halogens is 1. The SMILES string of the molecule is Cc1nnc(-c2cc(F)ccc2C=O)nn1. The van der Waals surface area contributed by atoms with Crippen LogP contribution in [0.1, 0.15) is 16.2 Å². The Labute approximate surface area is 90.4 Å². The Bertz CT molecular complexity index is 527. The number of carbonyl (C=O) groups excluding carboxylic acids is 1. The van der Waals surface area contributed by atoms with Gasteiger partial charge in [-0.05, 0) is 25.1 Å². The summed E-state index contributed by atoms with van der Waals surface area (Å²) in [6.45, 7) is 1.63. The van der Waals surface area contributed by atoms with Gasteiger partial charge in [-0.25, -0.2) is 4.39 Å². The second kappa shape index (κ2) is 4.09. The predicted molar refractivity (Wildman–Crippen MR) is 53.1 cm³/mol. The van der Waals surface area contributed by atoms with E-state index in [9.17, 15) is 9.18 Å². The molecule has 5 nitrogen and oxygen atoms in total. The Balaban J connectivity index is 2.57. The quantitative estimate of drug-likeness (QED) is 0.708. The van der Waals surface area contributed by atoms with Crippen molar-refractivity contribution in [2.45, 2.75) is 6.92 Å². The van der Waals surface area contributed by atoms with E-state index in [4.69, 9.17) is 0 Å². The molecule has 6 heteroatoms. The maximum atomic E-state index is 13.0. The molecule has 0 saturated heterocycles. The molecule has 0 spiro atoms. The van der Waals surface area contributed by atoms with E-state index in [1.807, 2.05) is 0 Å². The molecule has 0 aliphatic carbocycles. The molecule has 80 valence electrons. The Morgan fingerprint density at radius 3 is 2.50 bits per heavy atom. The standard InChI is InChI=1S/C10H7FN4O/c1-6-12-14-10(15-13-6)9-4-8(11)3-2-7(9)5-16/h2-5H,1H3. The maximum absolute atomic E-state index is 13.0. The van der Waals surface area contributed by atoms with E-state index in [-0.39, 0.29) is 11.4 Å². The number of nitrogens with zero attached hydrogens (tertiary/aromatic N) is 4. The topological polar surface area (TPSA) is 68.6 Å². The molecule has 0 fully saturated rings. The minimum Gasteiger partial charge on any atom is -0.298 e. The van der Waals surface area contributed by atoms with E-state index in [2.05, 4.69) is 20.4 Å². The molecule has 0 atom stereocenters. The smallest absolute Gasteiger partial charge is 0.204 e. The van der Waals surface area contributed by atoms with Gasteiger partial charge in [0.25, 0.3) is 0 Å². The summed E-state index contributed by atoms with van der Waals surface area (Å²) < 4.78 is 13.0. The van der Waals surface area contributed by atoms with Crippen LogP contribution < -0.4 is 0 Å². The Morgan fingerprint density at radius 2 is 1.88 bits per heavy atom. The monoisotopic (exact) mass is 218 g/mol. The summed E-state index contributed by atoms with van der Waals surface area (Å²) in [5.74, 6) is 0.0739. The number of aryl methyl sites for hydroxylation is 1. The third-order valence-corrected chi connectivity index (χ3v) is 1.96. The van der Waals surface area contributed by atoms with Crippen LogP contribution in [0, 0.1) is 12.7 Å². The lowest BCUT2D eigenvalue weighted by atomic mass is 10.1. The van der Waals surface area contributed by atoms with Gasteiger partial charge in [0.1, 0.15) is 5.82 Å². The molecule has 1 heterocycles. The number of carbonyl (C=O) groups is 1. The van der Waals surface area contributed by atoms with Gasteiger partial charge in [0.05, 0.1) is 0 Å². The molecule has 2 aromatic rings. The van der Waals surface area contributed by atoms with Crippen molar-refractivity contribution in [2.24, 2.45) is 0 Å². The third-order valence-electron chi connectivity index (χ3n) is 1.96. The van der Waals surface area contributed by atoms with Crippen molar-refractivity contribution >= 4 is 6.29 Å². The van der Waals surface area contributed by atoms with E-state index in [0.717, 1.165) is 0 Å². The van der Waals surface area contributed by atoms with Crippen LogP contribution in [0.2, 0.25) is 0 Å². The van der Waals surface area contributed by atoms with Crippen molar-refractivity contribution in [2.75, 3.05) is 0 Å². The van der Waals surface area contributed by atoms with Crippen molar-refractivity contribution in [3.63, 3.8) is 0 Å². The lowest BCUT2D eigenvalue weighted by Gasteiger charge is -2.01. The molecule has 0 amide bonds. The summed E-state index contributed by atoms with van der Waals surface area (Å²) in [6.07, 6.45) is 0.609. The first-order valence-corrected chi connectivity index (χ1v) is 4.50. The first-order valence-electron chi connectivity index (χ1n) is 4.50. The van der Waals surface area contributed by atoms with Crippen LogP contribution in [-0.4, -0.2) is 26.7 Å². The molecule has 2 rings (SSSR count). The van der Waals surface area contributed by atoms with E-state index in [1.165, 1.54) is 18.2 Å². The van der Waals surface area contributed by atoms with Crippen LogP contribution in [0.5, 0.6) is 0 Å². The van der Waals surface area contributed by atoms with Gasteiger partial charge in [-0.3, -0.25) is 4.79 Å². The molecule has 0 bridgehead atoms. The number of hydrogen-bond donors (Lipinski definition) is 0. The molecule has 1 aromatic heterocycles. The molecule has 0 unspecified atom stereocenters. The lowest BCUT2D eigenvalue weighted by Crippen LogP contribution is -2.01. The average molecular weight is 218 g/mol. The van der Waals surface area contributed by atoms with Gasteiger partial charge in [0.2, 0.25) is 5.82 Å². The molecule has 0 N–H and O–H groups in total. The molecule has 0 aliphatic heterocycles. The summed E-state index contributed by atoms with van der Waals surface area (Å²) in [7, 11) is 0. The van der Waals surface area contributed by atoms with Gasteiger partial charge in [-0.1, -0.05) is 0 Å². The number of aromatic nitrogens is 4. The van der Waals surface area contributed by atoms with Crippen LogP contribution in [-0.2, 0) is 0 Å². The van der Waals surface area contributed by atoms with Crippen LogP contribution in [0.15, 0.2) is 18.2 Å². The van der Waals surface area contributed by atoms with Crippen LogP contribution in [0.4, 0.5) is 4.39 Å². The highest BCUT2D eigenvalue weighted by Crippen LogP contribution is 2.18. The van der Waals surface area contributed by atoms with Gasteiger partial charge in [0.15, 0.2) is 12.1 Å². The van der Waals surface area contributed by atoms with Crippen molar-refractivity contribution in [3.8, 4) is 11.4 Å². The van der Waals surface area contributed by atoms with Crippen LogP contribution in [0.25, 0.3) is 11.4 Å². The van der Waals surface area contributed by atoms with Crippen LogP contribution >= 0.6 is 0 Å². The minimum absolute atomic E-state index is 0.132. The van der Waals surface area contributed by atoms with Crippen molar-refractivity contribution in [1.29, 1.82) is 0 Å². The number of rotatable bonds is 2. The first kappa shape index (κ1) is 10.3. The fourth-order valence-corrected chi connectivity index (χ4v) is 1.21. The lowest BCUT2D eigenvalue weighted by molar-refractivity contribution is 0.112. The fourth-order valence-electron chi connectivity index (χ4n) is 1.21.